The molecule has 0 aliphatic heterocycles. The molecule has 2 aromatic heterocycles. The number of carbonyl (C=O) groups is 1. The minimum absolute atomic E-state index is 0.0290. The van der Waals surface area contributed by atoms with E-state index in [1.807, 2.05) is 13.0 Å². The second-order valence-corrected chi connectivity index (χ2v) is 8.01. The molecule has 36 heavy (non-hydrogen) atoms. The number of aliphatic hydroxyl groups excluding tert-OH is 1. The summed E-state index contributed by atoms with van der Waals surface area (Å²) >= 11 is 0. The Morgan fingerprint density at radius 1 is 1.22 bits per heavy atom. The Kier molecular flexibility index (Phi) is 7.41. The number of aliphatic hydroxyl groups is 1. The van der Waals surface area contributed by atoms with E-state index in [1.165, 1.54) is 31.6 Å². The van der Waals surface area contributed by atoms with E-state index in [1.54, 1.807) is 22.7 Å². The van der Waals surface area contributed by atoms with E-state index >= 15 is 0 Å². The molecule has 0 saturated carbocycles. The van der Waals surface area contributed by atoms with Crippen LogP contribution in [0.5, 0.6) is 5.75 Å². The van der Waals surface area contributed by atoms with Crippen molar-refractivity contribution in [2.75, 3.05) is 25.5 Å². The maximum absolute atomic E-state index is 14.7. The van der Waals surface area contributed by atoms with E-state index in [9.17, 15) is 18.7 Å². The Hall–Kier alpha value is -4.09. The van der Waals surface area contributed by atoms with Crippen molar-refractivity contribution in [3.63, 3.8) is 0 Å². The Labute approximate surface area is 205 Å². The minimum Gasteiger partial charge on any atom is -0.494 e. The van der Waals surface area contributed by atoms with Crippen molar-refractivity contribution in [2.45, 2.75) is 19.4 Å². The van der Waals surface area contributed by atoms with E-state index in [-0.39, 0.29) is 30.3 Å². The van der Waals surface area contributed by atoms with Gasteiger partial charge in [-0.05, 0) is 42.3 Å². The highest BCUT2D eigenvalue weighted by Crippen LogP contribution is 2.31. The number of hydrogen-bond acceptors (Lipinski definition) is 7. The number of hydrogen-bond donors (Lipinski definition) is 4. The van der Waals surface area contributed by atoms with Gasteiger partial charge in [0.25, 0.3) is 5.91 Å². The first-order valence-electron chi connectivity index (χ1n) is 11.3. The molecule has 1 atom stereocenters. The molecule has 2 heterocycles. The highest BCUT2D eigenvalue weighted by Gasteiger charge is 2.19. The van der Waals surface area contributed by atoms with Gasteiger partial charge in [0.15, 0.2) is 23.0 Å². The number of anilines is 2. The molecule has 0 bridgehead atoms. The van der Waals surface area contributed by atoms with Crippen LogP contribution in [0.4, 0.5) is 20.3 Å². The van der Waals surface area contributed by atoms with Crippen molar-refractivity contribution in [1.82, 2.24) is 19.7 Å². The average Bonchev–Trinajstić information content (AvgIpc) is 3.33. The molecular weight excluding hydrogens is 470 g/mol. The third-order valence-electron chi connectivity index (χ3n) is 5.73. The molecule has 4 rings (SSSR count). The van der Waals surface area contributed by atoms with Crippen LogP contribution in [0.2, 0.25) is 0 Å². The summed E-state index contributed by atoms with van der Waals surface area (Å²) in [7, 11) is 1.27. The van der Waals surface area contributed by atoms with Crippen molar-refractivity contribution in [3.05, 3.63) is 71.7 Å². The molecule has 1 amide bonds. The fraction of sp³-hybridized carbons (Fsp3) is 0.240. The van der Waals surface area contributed by atoms with Crippen LogP contribution in [0.1, 0.15) is 22.8 Å². The fourth-order valence-corrected chi connectivity index (χ4v) is 3.81. The monoisotopic (exact) mass is 496 g/mol. The van der Waals surface area contributed by atoms with Crippen molar-refractivity contribution in [3.8, 4) is 17.0 Å². The van der Waals surface area contributed by atoms with Gasteiger partial charge in [-0.15, -0.1) is 0 Å². The highest BCUT2D eigenvalue weighted by atomic mass is 19.2. The Morgan fingerprint density at radius 3 is 2.75 bits per heavy atom. The standard InChI is InChI=1S/C25H26F2N6O3/c1-3-14-10-15(4-5-17(14)25(35)31-12-16(34)11-28)32-23-24-30-13-19(33(24)9-8-29-23)18-6-7-20(36-2)22(27)21(18)26/h4-10,13,16,34H,3,11-12,28H2,1-2H3,(H,29,32)(H,31,35). The topological polar surface area (TPSA) is 127 Å². The van der Waals surface area contributed by atoms with Crippen LogP contribution in [0.15, 0.2) is 48.9 Å². The van der Waals surface area contributed by atoms with E-state index in [0.717, 1.165) is 5.56 Å². The summed E-state index contributed by atoms with van der Waals surface area (Å²) < 4.78 is 35.4. The number of fused-ring (bicyclic) bond motifs is 1. The van der Waals surface area contributed by atoms with E-state index in [4.69, 9.17) is 10.5 Å². The van der Waals surface area contributed by atoms with E-state index in [0.29, 0.717) is 34.8 Å². The zero-order valence-electron chi connectivity index (χ0n) is 19.8. The maximum Gasteiger partial charge on any atom is 0.251 e. The zero-order valence-corrected chi connectivity index (χ0v) is 19.8. The van der Waals surface area contributed by atoms with Crippen LogP contribution in [-0.2, 0) is 6.42 Å². The van der Waals surface area contributed by atoms with Gasteiger partial charge in [-0.3, -0.25) is 9.20 Å². The molecule has 0 radical (unpaired) electrons. The van der Waals surface area contributed by atoms with Crippen molar-refractivity contribution >= 4 is 23.1 Å². The number of nitrogens with one attached hydrogen (secondary N) is 2. The number of methoxy groups -OCH3 is 1. The molecule has 5 N–H and O–H groups in total. The molecule has 1 unspecified atom stereocenters. The first kappa shape index (κ1) is 25.0. The van der Waals surface area contributed by atoms with Gasteiger partial charge < -0.3 is 26.2 Å². The summed E-state index contributed by atoms with van der Waals surface area (Å²) in [5, 5.41) is 15.4. The lowest BCUT2D eigenvalue weighted by atomic mass is 10.0. The SMILES string of the molecule is CCc1cc(Nc2nccn3c(-c4ccc(OC)c(F)c4F)cnc23)ccc1C(=O)NCC(O)CN. The van der Waals surface area contributed by atoms with Crippen LogP contribution >= 0.6 is 0 Å². The largest absolute Gasteiger partial charge is 0.494 e. The smallest absolute Gasteiger partial charge is 0.251 e. The Bertz CT molecular complexity index is 1410. The summed E-state index contributed by atoms with van der Waals surface area (Å²) in [6.45, 7) is 2.04. The lowest BCUT2D eigenvalue weighted by molar-refractivity contribution is 0.0919. The van der Waals surface area contributed by atoms with Crippen LogP contribution in [0.25, 0.3) is 16.9 Å². The van der Waals surface area contributed by atoms with Crippen LogP contribution in [0, 0.1) is 11.6 Å². The molecule has 0 aliphatic rings. The first-order valence-corrected chi connectivity index (χ1v) is 11.3. The molecule has 188 valence electrons. The molecule has 0 aliphatic carbocycles. The summed E-state index contributed by atoms with van der Waals surface area (Å²) in [6.07, 6.45) is 4.33. The van der Waals surface area contributed by atoms with Gasteiger partial charge in [-0.1, -0.05) is 6.92 Å². The van der Waals surface area contributed by atoms with E-state index < -0.39 is 17.7 Å². The number of amides is 1. The molecule has 0 saturated heterocycles. The van der Waals surface area contributed by atoms with Gasteiger partial charge in [-0.2, -0.15) is 4.39 Å². The van der Waals surface area contributed by atoms with Crippen LogP contribution < -0.4 is 21.1 Å². The summed E-state index contributed by atoms with van der Waals surface area (Å²) in [5.74, 6) is -2.22. The number of imidazole rings is 1. The normalized spacial score (nSPS) is 11.9. The lowest BCUT2D eigenvalue weighted by Gasteiger charge is -2.14. The van der Waals surface area contributed by atoms with Crippen LogP contribution in [-0.4, -0.2) is 51.7 Å². The molecule has 2 aromatic carbocycles. The van der Waals surface area contributed by atoms with E-state index in [2.05, 4.69) is 20.6 Å². The summed E-state index contributed by atoms with van der Waals surface area (Å²) in [6, 6.07) is 8.01. The van der Waals surface area contributed by atoms with Gasteiger partial charge in [0, 0.05) is 42.3 Å². The second-order valence-electron chi connectivity index (χ2n) is 8.01. The second kappa shape index (κ2) is 10.7. The molecule has 11 heteroatoms. The predicted molar refractivity (Wildman–Crippen MR) is 131 cm³/mol. The molecule has 9 nitrogen and oxygen atoms in total. The van der Waals surface area contributed by atoms with Crippen LogP contribution in [0.3, 0.4) is 0 Å². The van der Waals surface area contributed by atoms with Crippen molar-refractivity contribution < 1.29 is 23.4 Å². The van der Waals surface area contributed by atoms with Gasteiger partial charge >= 0.3 is 0 Å². The average molecular weight is 497 g/mol. The minimum atomic E-state index is -1.08. The molecule has 4 aromatic rings. The van der Waals surface area contributed by atoms with Crippen molar-refractivity contribution in [2.24, 2.45) is 5.73 Å². The number of aromatic nitrogens is 3. The number of ether oxygens (including phenoxy) is 1. The fourth-order valence-electron chi connectivity index (χ4n) is 3.81. The van der Waals surface area contributed by atoms with Crippen molar-refractivity contribution in [1.29, 1.82) is 0 Å². The molecule has 0 fully saturated rings. The molecule has 0 spiro atoms. The first-order chi connectivity index (χ1) is 17.4. The lowest BCUT2D eigenvalue weighted by Crippen LogP contribution is -2.36. The van der Waals surface area contributed by atoms with Gasteiger partial charge in [-0.25, -0.2) is 14.4 Å². The Morgan fingerprint density at radius 2 is 2.03 bits per heavy atom. The zero-order chi connectivity index (χ0) is 25.8. The number of carbonyl (C=O) groups excluding carboxylic acids is 1. The number of aryl methyl sites for hydroxylation is 1. The number of rotatable bonds is 9. The third-order valence-corrected chi connectivity index (χ3v) is 5.73. The van der Waals surface area contributed by atoms with Gasteiger partial charge in [0.2, 0.25) is 5.82 Å². The quantitative estimate of drug-likeness (QED) is 0.281. The predicted octanol–water partition coefficient (Wildman–Crippen LogP) is 3.04. The number of nitrogens with zero attached hydrogens (tertiary/aromatic N) is 3. The molecular formula is C25H26F2N6O3. The number of nitrogens with two attached hydrogens (primary N) is 1. The summed E-state index contributed by atoms with van der Waals surface area (Å²) in [4.78, 5) is 21.3. The maximum atomic E-state index is 14.7. The van der Waals surface area contributed by atoms with Gasteiger partial charge in [0.1, 0.15) is 0 Å². The number of halogens is 2. The third kappa shape index (κ3) is 4.83. The van der Waals surface area contributed by atoms with Gasteiger partial charge in [0.05, 0.1) is 25.1 Å². The summed E-state index contributed by atoms with van der Waals surface area (Å²) in [5.41, 5.74) is 8.09. The number of benzene rings is 2. The highest BCUT2D eigenvalue weighted by molar-refractivity contribution is 5.96. The Balaban J connectivity index is 1.63.